The fraction of sp³-hybridized carbons (Fsp3) is 0.571. The summed E-state index contributed by atoms with van der Waals surface area (Å²) in [5.41, 5.74) is 0. The summed E-state index contributed by atoms with van der Waals surface area (Å²) < 4.78 is 26.2. The Morgan fingerprint density at radius 1 is 1.55 bits per heavy atom. The van der Waals surface area contributed by atoms with Crippen molar-refractivity contribution in [3.8, 4) is 0 Å². The third kappa shape index (κ3) is 1.13. The zero-order chi connectivity index (χ0) is 7.90. The Balaban J connectivity index is 2.03. The Hall–Kier alpha value is -0.930. The van der Waals surface area contributed by atoms with Crippen LogP contribution in [-0.2, 0) is 0 Å². The summed E-state index contributed by atoms with van der Waals surface area (Å²) in [5, 5.41) is 3.83. The fourth-order valence-corrected chi connectivity index (χ4v) is 1.26. The van der Waals surface area contributed by atoms with E-state index < -0.39 is 5.92 Å². The molecule has 59 valence electrons. The minimum absolute atomic E-state index is 0.0808. The third-order valence-corrected chi connectivity index (χ3v) is 1.92. The van der Waals surface area contributed by atoms with Crippen molar-refractivity contribution >= 4 is 0 Å². The van der Waals surface area contributed by atoms with Crippen LogP contribution in [0.15, 0.2) is 12.4 Å². The van der Waals surface area contributed by atoms with E-state index in [1.807, 2.05) is 0 Å². The number of halogens is 2. The van der Waals surface area contributed by atoms with Gasteiger partial charge in [-0.05, 0) is 0 Å². The first-order valence-corrected chi connectivity index (χ1v) is 3.45. The molecule has 0 spiro atoms. The molecule has 0 unspecified atom stereocenters. The van der Waals surface area contributed by atoms with Gasteiger partial charge in [-0.25, -0.2) is 8.78 Å². The average molecular weight is 157 g/mol. The second-order valence-corrected chi connectivity index (χ2v) is 2.84. The number of rotatable bonds is 1. The fourth-order valence-electron chi connectivity index (χ4n) is 1.26. The van der Waals surface area contributed by atoms with Gasteiger partial charge in [0, 0.05) is 25.1 Å². The smallest absolute Gasteiger partial charge is 0.252 e. The Labute approximate surface area is 62.8 Å². The predicted octanol–water partition coefficient (Wildman–Crippen LogP) is 1.65. The molecule has 1 aromatic rings. The van der Waals surface area contributed by atoms with E-state index in [0.29, 0.717) is 0 Å². The highest BCUT2D eigenvalue weighted by atomic mass is 19.3. The zero-order valence-electron chi connectivity index (χ0n) is 5.80. The van der Waals surface area contributed by atoms with Crippen LogP contribution in [0.25, 0.3) is 0 Å². The Bertz CT molecular complexity index is 235. The largest absolute Gasteiger partial charge is 0.269 e. The third-order valence-electron chi connectivity index (χ3n) is 1.92. The van der Waals surface area contributed by atoms with E-state index in [2.05, 4.69) is 11.2 Å². The van der Waals surface area contributed by atoms with Crippen LogP contribution in [0.5, 0.6) is 0 Å². The lowest BCUT2D eigenvalue weighted by Gasteiger charge is -2.34. The minimum Gasteiger partial charge on any atom is -0.269 e. The van der Waals surface area contributed by atoms with Gasteiger partial charge in [0.25, 0.3) is 5.92 Å². The summed E-state index contributed by atoms with van der Waals surface area (Å²) >= 11 is 0. The molecular formula is C7H7F2N2. The number of nitrogens with zero attached hydrogens (tertiary/aromatic N) is 2. The molecule has 4 heteroatoms. The molecule has 11 heavy (non-hydrogen) atoms. The summed E-state index contributed by atoms with van der Waals surface area (Å²) in [6, 6.07) is 2.60. The van der Waals surface area contributed by atoms with E-state index in [4.69, 9.17) is 0 Å². The van der Waals surface area contributed by atoms with Crippen LogP contribution in [0.2, 0.25) is 0 Å². The van der Waals surface area contributed by atoms with Gasteiger partial charge in [0.05, 0.1) is 12.2 Å². The van der Waals surface area contributed by atoms with Crippen molar-refractivity contribution in [1.29, 1.82) is 0 Å². The molecule has 0 saturated heterocycles. The molecule has 2 rings (SSSR count). The maximum absolute atomic E-state index is 12.3. The zero-order valence-corrected chi connectivity index (χ0v) is 5.80. The molecule has 1 aliphatic carbocycles. The van der Waals surface area contributed by atoms with Gasteiger partial charge in [0.2, 0.25) is 0 Å². The SMILES string of the molecule is FC1(F)CC(n2c[c]cn2)C1. The van der Waals surface area contributed by atoms with Gasteiger partial charge in [0.15, 0.2) is 0 Å². The maximum Gasteiger partial charge on any atom is 0.252 e. The lowest BCUT2D eigenvalue weighted by molar-refractivity contribution is -0.106. The minimum atomic E-state index is -2.46. The van der Waals surface area contributed by atoms with Crippen LogP contribution in [0.1, 0.15) is 18.9 Å². The van der Waals surface area contributed by atoms with E-state index in [0.717, 1.165) is 0 Å². The lowest BCUT2D eigenvalue weighted by atomic mass is 9.88. The number of hydrogen-bond donors (Lipinski definition) is 0. The van der Waals surface area contributed by atoms with Crippen molar-refractivity contribution < 1.29 is 8.78 Å². The average Bonchev–Trinajstić information content (AvgIpc) is 2.32. The Morgan fingerprint density at radius 3 is 2.73 bits per heavy atom. The van der Waals surface area contributed by atoms with Crippen LogP contribution < -0.4 is 0 Å². The molecule has 1 aliphatic rings. The lowest BCUT2D eigenvalue weighted by Crippen LogP contribution is -2.37. The van der Waals surface area contributed by atoms with Crippen LogP contribution in [0.4, 0.5) is 8.78 Å². The number of aromatic nitrogens is 2. The van der Waals surface area contributed by atoms with Gasteiger partial charge in [-0.1, -0.05) is 0 Å². The molecule has 1 saturated carbocycles. The van der Waals surface area contributed by atoms with Crippen molar-refractivity contribution in [2.75, 3.05) is 0 Å². The van der Waals surface area contributed by atoms with Gasteiger partial charge in [-0.15, -0.1) is 0 Å². The first-order chi connectivity index (χ1) is 5.17. The van der Waals surface area contributed by atoms with E-state index in [9.17, 15) is 8.78 Å². The molecule has 2 nitrogen and oxygen atoms in total. The molecule has 0 aliphatic heterocycles. The maximum atomic E-state index is 12.3. The predicted molar refractivity (Wildman–Crippen MR) is 34.3 cm³/mol. The molecule has 1 fully saturated rings. The topological polar surface area (TPSA) is 17.8 Å². The quantitative estimate of drug-likeness (QED) is 0.606. The summed E-state index contributed by atoms with van der Waals surface area (Å²) in [4.78, 5) is 0. The Kier molecular flexibility index (Phi) is 1.25. The van der Waals surface area contributed by atoms with Gasteiger partial charge < -0.3 is 0 Å². The highest BCUT2D eigenvalue weighted by molar-refractivity contribution is 4.92. The molecular weight excluding hydrogens is 150 g/mol. The molecule has 0 amide bonds. The van der Waals surface area contributed by atoms with E-state index in [1.165, 1.54) is 10.9 Å². The summed E-state index contributed by atoms with van der Waals surface area (Å²) in [6.45, 7) is 0. The van der Waals surface area contributed by atoms with E-state index >= 15 is 0 Å². The van der Waals surface area contributed by atoms with Gasteiger partial charge in [0.1, 0.15) is 0 Å². The van der Waals surface area contributed by atoms with Crippen LogP contribution >= 0.6 is 0 Å². The van der Waals surface area contributed by atoms with Crippen molar-refractivity contribution in [1.82, 2.24) is 9.78 Å². The number of hydrogen-bond acceptors (Lipinski definition) is 1. The molecule has 0 atom stereocenters. The van der Waals surface area contributed by atoms with Crippen molar-refractivity contribution in [2.24, 2.45) is 0 Å². The standard InChI is InChI=1S/C7H7F2N2/c8-7(9)4-6(5-7)11-3-1-2-10-11/h2-3,6H,4-5H2. The highest BCUT2D eigenvalue weighted by Gasteiger charge is 2.46. The van der Waals surface area contributed by atoms with E-state index in [1.54, 1.807) is 6.20 Å². The first kappa shape index (κ1) is 6.76. The first-order valence-electron chi connectivity index (χ1n) is 3.45. The molecule has 1 aromatic heterocycles. The van der Waals surface area contributed by atoms with Gasteiger partial charge >= 0.3 is 0 Å². The van der Waals surface area contributed by atoms with Crippen molar-refractivity contribution in [2.45, 2.75) is 24.8 Å². The van der Waals surface area contributed by atoms with Crippen molar-refractivity contribution in [3.63, 3.8) is 0 Å². The summed E-state index contributed by atoms with van der Waals surface area (Å²) in [7, 11) is 0. The van der Waals surface area contributed by atoms with Gasteiger partial charge in [-0.2, -0.15) is 5.10 Å². The number of alkyl halides is 2. The molecule has 1 radical (unpaired) electrons. The molecule has 0 N–H and O–H groups in total. The normalized spacial score (nSPS) is 23.1. The molecule has 1 heterocycles. The summed E-state index contributed by atoms with van der Waals surface area (Å²) in [5.74, 6) is -2.46. The van der Waals surface area contributed by atoms with Gasteiger partial charge in [-0.3, -0.25) is 4.68 Å². The summed E-state index contributed by atoms with van der Waals surface area (Å²) in [6.07, 6.45) is 2.92. The second-order valence-electron chi connectivity index (χ2n) is 2.84. The second kappa shape index (κ2) is 2.03. The van der Waals surface area contributed by atoms with E-state index in [-0.39, 0.29) is 18.9 Å². The van der Waals surface area contributed by atoms with Crippen LogP contribution in [0.3, 0.4) is 0 Å². The molecule has 0 aromatic carbocycles. The highest BCUT2D eigenvalue weighted by Crippen LogP contribution is 2.44. The van der Waals surface area contributed by atoms with Crippen molar-refractivity contribution in [3.05, 3.63) is 18.5 Å². The van der Waals surface area contributed by atoms with Crippen LogP contribution in [-0.4, -0.2) is 15.7 Å². The monoisotopic (exact) mass is 157 g/mol. The Morgan fingerprint density at radius 2 is 2.27 bits per heavy atom. The molecule has 0 bridgehead atoms. The van der Waals surface area contributed by atoms with Crippen LogP contribution in [0, 0.1) is 6.07 Å².